The van der Waals surface area contributed by atoms with Crippen molar-refractivity contribution in [1.29, 1.82) is 0 Å². The SMILES string of the molecule is CCCCCNCC(C(=O)N[C@@H](Cc1cc(F)cc(F)c1)[C@H](O)[C@@H]1NCCNC1=O)N(C)C=O. The highest BCUT2D eigenvalue weighted by Gasteiger charge is 2.36. The van der Waals surface area contributed by atoms with E-state index in [2.05, 4.69) is 28.2 Å². The summed E-state index contributed by atoms with van der Waals surface area (Å²) in [6, 6.07) is -0.0275. The van der Waals surface area contributed by atoms with E-state index < -0.39 is 47.7 Å². The van der Waals surface area contributed by atoms with Crippen LogP contribution in [0.3, 0.4) is 0 Å². The molecule has 34 heavy (non-hydrogen) atoms. The third kappa shape index (κ3) is 8.30. The number of benzene rings is 1. The second-order valence-electron chi connectivity index (χ2n) is 8.51. The number of nitrogens with zero attached hydrogens (tertiary/aromatic N) is 1. The number of halogens is 2. The Morgan fingerprint density at radius 3 is 2.59 bits per heavy atom. The van der Waals surface area contributed by atoms with E-state index in [-0.39, 0.29) is 18.5 Å². The summed E-state index contributed by atoms with van der Waals surface area (Å²) < 4.78 is 27.5. The summed E-state index contributed by atoms with van der Waals surface area (Å²) in [5.74, 6) is -2.59. The highest BCUT2D eigenvalue weighted by atomic mass is 19.1. The molecule has 1 aliphatic rings. The number of unbranched alkanes of at least 4 members (excludes halogenated alkanes) is 2. The zero-order chi connectivity index (χ0) is 25.1. The number of likely N-dealkylation sites (N-methyl/N-ethyl adjacent to an activating group) is 1. The van der Waals surface area contributed by atoms with Gasteiger partial charge in [0.25, 0.3) is 0 Å². The predicted molar refractivity (Wildman–Crippen MR) is 123 cm³/mol. The Balaban J connectivity index is 2.20. The van der Waals surface area contributed by atoms with Gasteiger partial charge in [0.1, 0.15) is 23.7 Å². The van der Waals surface area contributed by atoms with Gasteiger partial charge in [0.2, 0.25) is 18.2 Å². The summed E-state index contributed by atoms with van der Waals surface area (Å²) >= 11 is 0. The number of rotatable bonds is 14. The van der Waals surface area contributed by atoms with Gasteiger partial charge in [-0.15, -0.1) is 0 Å². The van der Waals surface area contributed by atoms with E-state index in [1.54, 1.807) is 0 Å². The smallest absolute Gasteiger partial charge is 0.244 e. The number of aliphatic hydroxyl groups excluding tert-OH is 1. The molecule has 5 N–H and O–H groups in total. The van der Waals surface area contributed by atoms with Gasteiger partial charge in [0.05, 0.1) is 12.1 Å². The second kappa shape index (κ2) is 13.9. The number of carbonyl (C=O) groups is 3. The van der Waals surface area contributed by atoms with Crippen molar-refractivity contribution in [1.82, 2.24) is 26.2 Å². The van der Waals surface area contributed by atoms with Crippen molar-refractivity contribution in [2.45, 2.75) is 56.8 Å². The van der Waals surface area contributed by atoms with E-state index in [1.807, 2.05) is 0 Å². The highest BCUT2D eigenvalue weighted by molar-refractivity contribution is 5.85. The van der Waals surface area contributed by atoms with Gasteiger partial charge in [0.15, 0.2) is 0 Å². The van der Waals surface area contributed by atoms with Crippen molar-refractivity contribution in [3.63, 3.8) is 0 Å². The maximum Gasteiger partial charge on any atom is 0.244 e. The van der Waals surface area contributed by atoms with E-state index >= 15 is 0 Å². The van der Waals surface area contributed by atoms with Crippen LogP contribution in [0, 0.1) is 11.6 Å². The van der Waals surface area contributed by atoms with E-state index in [4.69, 9.17) is 0 Å². The van der Waals surface area contributed by atoms with Gasteiger partial charge < -0.3 is 31.3 Å². The summed E-state index contributed by atoms with van der Waals surface area (Å²) in [4.78, 5) is 38.0. The lowest BCUT2D eigenvalue weighted by Crippen LogP contribution is -2.64. The Morgan fingerprint density at radius 1 is 1.26 bits per heavy atom. The molecule has 1 aliphatic heterocycles. The monoisotopic (exact) mass is 483 g/mol. The Bertz CT molecular complexity index is 808. The van der Waals surface area contributed by atoms with E-state index in [0.717, 1.165) is 37.5 Å². The number of hydrogen-bond donors (Lipinski definition) is 5. The zero-order valence-corrected chi connectivity index (χ0v) is 19.7. The minimum Gasteiger partial charge on any atom is -0.389 e. The molecule has 1 fully saturated rings. The van der Waals surface area contributed by atoms with Gasteiger partial charge in [-0.2, -0.15) is 0 Å². The van der Waals surface area contributed by atoms with Crippen LogP contribution in [0.2, 0.25) is 0 Å². The summed E-state index contributed by atoms with van der Waals surface area (Å²) in [5.41, 5.74) is 0.205. The summed E-state index contributed by atoms with van der Waals surface area (Å²) in [5, 5.41) is 22.4. The van der Waals surface area contributed by atoms with Gasteiger partial charge in [-0.1, -0.05) is 19.8 Å². The van der Waals surface area contributed by atoms with Crippen LogP contribution < -0.4 is 21.3 Å². The molecule has 190 valence electrons. The molecule has 2 rings (SSSR count). The van der Waals surface area contributed by atoms with Gasteiger partial charge in [-0.3, -0.25) is 14.4 Å². The topological polar surface area (TPSA) is 123 Å². The largest absolute Gasteiger partial charge is 0.389 e. The van der Waals surface area contributed by atoms with Crippen LogP contribution in [0.5, 0.6) is 0 Å². The Hall–Kier alpha value is -2.63. The van der Waals surface area contributed by atoms with Crippen molar-refractivity contribution in [3.8, 4) is 0 Å². The molecule has 4 atom stereocenters. The highest BCUT2D eigenvalue weighted by Crippen LogP contribution is 2.14. The number of nitrogens with one attached hydrogen (secondary N) is 4. The van der Waals surface area contributed by atoms with E-state index in [0.29, 0.717) is 26.0 Å². The minimum atomic E-state index is -1.39. The maximum absolute atomic E-state index is 13.7. The molecule has 0 saturated carbocycles. The van der Waals surface area contributed by atoms with Crippen LogP contribution in [0.15, 0.2) is 18.2 Å². The van der Waals surface area contributed by atoms with Crippen LogP contribution in [-0.4, -0.2) is 85.7 Å². The number of aliphatic hydroxyl groups is 1. The lowest BCUT2D eigenvalue weighted by atomic mass is 9.94. The molecule has 1 saturated heterocycles. The van der Waals surface area contributed by atoms with Crippen LogP contribution in [-0.2, 0) is 20.8 Å². The van der Waals surface area contributed by atoms with Crippen LogP contribution in [0.4, 0.5) is 8.78 Å². The fraction of sp³-hybridized carbons (Fsp3) is 0.609. The van der Waals surface area contributed by atoms with Gasteiger partial charge in [-0.25, -0.2) is 8.78 Å². The first-order valence-corrected chi connectivity index (χ1v) is 11.6. The summed E-state index contributed by atoms with van der Waals surface area (Å²) in [6.07, 6.45) is 2.00. The first-order valence-electron chi connectivity index (χ1n) is 11.6. The molecule has 0 spiro atoms. The van der Waals surface area contributed by atoms with Crippen molar-refractivity contribution in [2.24, 2.45) is 0 Å². The number of hydrogen-bond acceptors (Lipinski definition) is 6. The first kappa shape index (κ1) is 27.6. The summed E-state index contributed by atoms with van der Waals surface area (Å²) in [7, 11) is 1.47. The quantitative estimate of drug-likeness (QED) is 0.183. The average Bonchev–Trinajstić information content (AvgIpc) is 2.79. The van der Waals surface area contributed by atoms with Crippen LogP contribution >= 0.6 is 0 Å². The lowest BCUT2D eigenvalue weighted by molar-refractivity contribution is -0.134. The normalized spacial score (nSPS) is 18.5. The Labute approximate surface area is 198 Å². The van der Waals surface area contributed by atoms with E-state index in [1.165, 1.54) is 11.9 Å². The Kier molecular flexibility index (Phi) is 11.3. The average molecular weight is 484 g/mol. The molecule has 1 unspecified atom stereocenters. The fourth-order valence-corrected chi connectivity index (χ4v) is 3.88. The van der Waals surface area contributed by atoms with Crippen LogP contribution in [0.25, 0.3) is 0 Å². The first-order chi connectivity index (χ1) is 16.3. The molecule has 11 heteroatoms. The van der Waals surface area contributed by atoms with Gasteiger partial charge >= 0.3 is 0 Å². The molecule has 1 aromatic rings. The molecular weight excluding hydrogens is 448 g/mol. The molecule has 1 heterocycles. The second-order valence-corrected chi connectivity index (χ2v) is 8.51. The molecule has 0 bridgehead atoms. The molecule has 3 amide bonds. The third-order valence-electron chi connectivity index (χ3n) is 5.79. The number of carbonyl (C=O) groups excluding carboxylic acids is 3. The molecule has 0 aromatic heterocycles. The van der Waals surface area contributed by atoms with Crippen molar-refractivity contribution in [3.05, 3.63) is 35.4 Å². The lowest BCUT2D eigenvalue weighted by Gasteiger charge is -2.34. The Morgan fingerprint density at radius 2 is 1.97 bits per heavy atom. The van der Waals surface area contributed by atoms with Gasteiger partial charge in [0, 0.05) is 32.7 Å². The summed E-state index contributed by atoms with van der Waals surface area (Å²) in [6.45, 7) is 3.74. The zero-order valence-electron chi connectivity index (χ0n) is 19.7. The van der Waals surface area contributed by atoms with Crippen molar-refractivity contribution >= 4 is 18.2 Å². The molecule has 1 aromatic carbocycles. The van der Waals surface area contributed by atoms with Gasteiger partial charge in [-0.05, 0) is 37.1 Å². The molecule has 0 aliphatic carbocycles. The number of amides is 3. The molecule has 9 nitrogen and oxygen atoms in total. The van der Waals surface area contributed by atoms with Crippen LogP contribution in [0.1, 0.15) is 31.7 Å². The number of piperazine rings is 1. The minimum absolute atomic E-state index is 0.130. The van der Waals surface area contributed by atoms with E-state index in [9.17, 15) is 28.3 Å². The van der Waals surface area contributed by atoms with Crippen molar-refractivity contribution < 1.29 is 28.3 Å². The predicted octanol–water partition coefficient (Wildman–Crippen LogP) is -0.322. The fourth-order valence-electron chi connectivity index (χ4n) is 3.88. The third-order valence-corrected chi connectivity index (χ3v) is 5.79. The molecular formula is C23H35F2N5O4. The maximum atomic E-state index is 13.7. The molecule has 0 radical (unpaired) electrons. The van der Waals surface area contributed by atoms with Crippen molar-refractivity contribution in [2.75, 3.05) is 33.2 Å². The standard InChI is InChI=1S/C23H35F2N5O4/c1-3-4-5-6-26-13-19(30(2)14-31)22(33)29-18(11-15-9-16(24)12-17(25)10-15)21(32)20-23(34)28-8-7-27-20/h9-10,12,14,18-21,26-27,32H,3-8,11,13H2,1-2H3,(H,28,34)(H,29,33)/t18-,19?,20-,21-/m0/s1.